The molecule has 1 aliphatic carbocycles. The van der Waals surface area contributed by atoms with Crippen molar-refractivity contribution in [3.8, 4) is 0 Å². The molecule has 1 fully saturated rings. The van der Waals surface area contributed by atoms with Gasteiger partial charge in [0, 0.05) is 0 Å². The van der Waals surface area contributed by atoms with Crippen molar-refractivity contribution in [2.75, 3.05) is 7.11 Å². The number of carbonyl (C=O) groups is 1. The molecule has 0 amide bonds. The van der Waals surface area contributed by atoms with Gasteiger partial charge in [-0.25, -0.2) is 0 Å². The van der Waals surface area contributed by atoms with Crippen LogP contribution >= 0.6 is 0 Å². The molecule has 0 aromatic carbocycles. The summed E-state index contributed by atoms with van der Waals surface area (Å²) in [6.07, 6.45) is 3.75. The highest BCUT2D eigenvalue weighted by molar-refractivity contribution is 5.80. The van der Waals surface area contributed by atoms with Gasteiger partial charge in [-0.1, -0.05) is 20.3 Å². The highest BCUT2D eigenvalue weighted by Gasteiger charge is 2.41. The van der Waals surface area contributed by atoms with Crippen LogP contribution in [-0.2, 0) is 9.53 Å². The molecule has 0 heterocycles. The van der Waals surface area contributed by atoms with Gasteiger partial charge in [-0.2, -0.15) is 0 Å². The van der Waals surface area contributed by atoms with E-state index in [9.17, 15) is 4.79 Å². The molecule has 3 heteroatoms. The molecule has 14 heavy (non-hydrogen) atoms. The maximum absolute atomic E-state index is 11.5. The van der Waals surface area contributed by atoms with Gasteiger partial charge in [0.1, 0.15) is 5.54 Å². The van der Waals surface area contributed by atoms with Gasteiger partial charge in [-0.3, -0.25) is 4.79 Å². The van der Waals surface area contributed by atoms with E-state index in [0.29, 0.717) is 5.92 Å². The van der Waals surface area contributed by atoms with Crippen molar-refractivity contribution >= 4 is 5.97 Å². The Bertz CT molecular complexity index is 217. The molecule has 3 nitrogen and oxygen atoms in total. The average Bonchev–Trinajstić information content (AvgIpc) is 2.17. The zero-order valence-electron chi connectivity index (χ0n) is 9.38. The molecule has 0 aliphatic heterocycles. The standard InChI is InChI=1S/C11H21NO2/c1-4-9-5-6-11(12,7-8(9)2)10(13)14-3/h8-9H,4-7,12H2,1-3H3. The van der Waals surface area contributed by atoms with E-state index >= 15 is 0 Å². The lowest BCUT2D eigenvalue weighted by molar-refractivity contribution is -0.149. The summed E-state index contributed by atoms with van der Waals surface area (Å²) in [6, 6.07) is 0. The minimum Gasteiger partial charge on any atom is -0.468 e. The molecule has 0 bridgehead atoms. The van der Waals surface area contributed by atoms with Crippen LogP contribution in [0.4, 0.5) is 0 Å². The average molecular weight is 199 g/mol. The molecule has 0 aromatic heterocycles. The summed E-state index contributed by atoms with van der Waals surface area (Å²) < 4.78 is 4.75. The Morgan fingerprint density at radius 2 is 2.29 bits per heavy atom. The van der Waals surface area contributed by atoms with E-state index in [1.165, 1.54) is 13.5 Å². The van der Waals surface area contributed by atoms with Gasteiger partial charge < -0.3 is 10.5 Å². The van der Waals surface area contributed by atoms with Crippen LogP contribution < -0.4 is 5.73 Å². The van der Waals surface area contributed by atoms with Crippen molar-refractivity contribution < 1.29 is 9.53 Å². The Morgan fingerprint density at radius 3 is 2.71 bits per heavy atom. The Kier molecular flexibility index (Phi) is 3.53. The van der Waals surface area contributed by atoms with E-state index in [2.05, 4.69) is 13.8 Å². The summed E-state index contributed by atoms with van der Waals surface area (Å²) >= 11 is 0. The minimum atomic E-state index is -0.722. The van der Waals surface area contributed by atoms with Gasteiger partial charge in [0.25, 0.3) is 0 Å². The number of nitrogens with two attached hydrogens (primary N) is 1. The molecule has 2 N–H and O–H groups in total. The second kappa shape index (κ2) is 4.30. The lowest BCUT2D eigenvalue weighted by Crippen LogP contribution is -2.53. The summed E-state index contributed by atoms with van der Waals surface area (Å²) in [5, 5.41) is 0. The SMILES string of the molecule is CCC1CCC(N)(C(=O)OC)CC1C. The summed E-state index contributed by atoms with van der Waals surface area (Å²) in [4.78, 5) is 11.5. The van der Waals surface area contributed by atoms with Crippen LogP contribution in [0, 0.1) is 11.8 Å². The van der Waals surface area contributed by atoms with Crippen LogP contribution in [0.1, 0.15) is 39.5 Å². The number of ether oxygens (including phenoxy) is 1. The van der Waals surface area contributed by atoms with Gasteiger partial charge in [0.05, 0.1) is 7.11 Å². The van der Waals surface area contributed by atoms with E-state index in [-0.39, 0.29) is 5.97 Å². The van der Waals surface area contributed by atoms with Crippen LogP contribution in [0.2, 0.25) is 0 Å². The number of rotatable bonds is 2. The van der Waals surface area contributed by atoms with Crippen molar-refractivity contribution in [3.63, 3.8) is 0 Å². The lowest BCUT2D eigenvalue weighted by Gasteiger charge is -2.38. The summed E-state index contributed by atoms with van der Waals surface area (Å²) in [7, 11) is 1.41. The Hall–Kier alpha value is -0.570. The molecular weight excluding hydrogens is 178 g/mol. The van der Waals surface area contributed by atoms with Gasteiger partial charge >= 0.3 is 5.97 Å². The lowest BCUT2D eigenvalue weighted by atomic mass is 9.70. The third-order valence-corrected chi connectivity index (χ3v) is 3.57. The van der Waals surface area contributed by atoms with E-state index in [0.717, 1.165) is 25.2 Å². The van der Waals surface area contributed by atoms with Crippen LogP contribution in [0.5, 0.6) is 0 Å². The largest absolute Gasteiger partial charge is 0.468 e. The quantitative estimate of drug-likeness (QED) is 0.689. The smallest absolute Gasteiger partial charge is 0.325 e. The number of esters is 1. The normalized spacial score (nSPS) is 38.0. The van der Waals surface area contributed by atoms with Crippen molar-refractivity contribution in [1.29, 1.82) is 0 Å². The predicted octanol–water partition coefficient (Wildman–Crippen LogP) is 1.70. The molecule has 0 aromatic rings. The summed E-state index contributed by atoms with van der Waals surface area (Å²) in [5.74, 6) is 0.994. The fourth-order valence-corrected chi connectivity index (χ4v) is 2.57. The highest BCUT2D eigenvalue weighted by atomic mass is 16.5. The number of carbonyl (C=O) groups excluding carboxylic acids is 1. The first-order valence-corrected chi connectivity index (χ1v) is 5.40. The predicted molar refractivity (Wildman–Crippen MR) is 55.7 cm³/mol. The molecule has 0 spiro atoms. The summed E-state index contributed by atoms with van der Waals surface area (Å²) in [5.41, 5.74) is 5.32. The van der Waals surface area contributed by atoms with E-state index in [1.54, 1.807) is 0 Å². The zero-order chi connectivity index (χ0) is 10.8. The minimum absolute atomic E-state index is 0.251. The van der Waals surface area contributed by atoms with E-state index in [1.807, 2.05) is 0 Å². The van der Waals surface area contributed by atoms with Crippen molar-refractivity contribution in [3.05, 3.63) is 0 Å². The maximum atomic E-state index is 11.5. The highest BCUT2D eigenvalue weighted by Crippen LogP contribution is 2.37. The molecule has 3 atom stereocenters. The van der Waals surface area contributed by atoms with Gasteiger partial charge in [0.15, 0.2) is 0 Å². The van der Waals surface area contributed by atoms with Gasteiger partial charge in [0.2, 0.25) is 0 Å². The molecule has 1 aliphatic rings. The Morgan fingerprint density at radius 1 is 1.64 bits per heavy atom. The van der Waals surface area contributed by atoms with Crippen molar-refractivity contribution in [2.45, 2.75) is 45.1 Å². The maximum Gasteiger partial charge on any atom is 0.325 e. The van der Waals surface area contributed by atoms with E-state index in [4.69, 9.17) is 10.5 Å². The number of methoxy groups -OCH3 is 1. The number of hydrogen-bond donors (Lipinski definition) is 1. The van der Waals surface area contributed by atoms with Crippen molar-refractivity contribution in [2.24, 2.45) is 17.6 Å². The fraction of sp³-hybridized carbons (Fsp3) is 0.909. The third-order valence-electron chi connectivity index (χ3n) is 3.57. The monoisotopic (exact) mass is 199 g/mol. The third kappa shape index (κ3) is 2.08. The second-order valence-electron chi connectivity index (χ2n) is 4.54. The first-order chi connectivity index (χ1) is 6.53. The fourth-order valence-electron chi connectivity index (χ4n) is 2.57. The zero-order valence-corrected chi connectivity index (χ0v) is 9.38. The van der Waals surface area contributed by atoms with Crippen LogP contribution in [0.25, 0.3) is 0 Å². The van der Waals surface area contributed by atoms with Gasteiger partial charge in [-0.05, 0) is 31.1 Å². The molecule has 3 unspecified atom stereocenters. The molecule has 0 radical (unpaired) electrons. The van der Waals surface area contributed by atoms with Crippen LogP contribution in [0.3, 0.4) is 0 Å². The first-order valence-electron chi connectivity index (χ1n) is 5.40. The molecule has 0 saturated heterocycles. The Balaban J connectivity index is 2.65. The molecule has 82 valence electrons. The molecular formula is C11H21NO2. The van der Waals surface area contributed by atoms with Crippen LogP contribution in [0.15, 0.2) is 0 Å². The molecule has 1 saturated carbocycles. The second-order valence-corrected chi connectivity index (χ2v) is 4.54. The topological polar surface area (TPSA) is 52.3 Å². The molecule has 1 rings (SSSR count). The van der Waals surface area contributed by atoms with Crippen molar-refractivity contribution in [1.82, 2.24) is 0 Å². The van der Waals surface area contributed by atoms with Gasteiger partial charge in [-0.15, -0.1) is 0 Å². The van der Waals surface area contributed by atoms with Crippen LogP contribution in [-0.4, -0.2) is 18.6 Å². The first kappa shape index (κ1) is 11.5. The number of hydrogen-bond acceptors (Lipinski definition) is 3. The van der Waals surface area contributed by atoms with E-state index < -0.39 is 5.54 Å². The Labute approximate surface area is 86.0 Å². The summed E-state index contributed by atoms with van der Waals surface area (Å²) in [6.45, 7) is 4.38.